The summed E-state index contributed by atoms with van der Waals surface area (Å²) < 4.78 is 4.63. The van der Waals surface area contributed by atoms with Crippen LogP contribution in [0.3, 0.4) is 0 Å². The Morgan fingerprint density at radius 1 is 0.433 bits per heavy atom. The molecular formula is C53H32N6S. The Labute approximate surface area is 348 Å². The molecule has 0 fully saturated rings. The highest BCUT2D eigenvalue weighted by Crippen LogP contribution is 2.41. The summed E-state index contributed by atoms with van der Waals surface area (Å²) in [5.74, 6) is 1.32. The van der Waals surface area contributed by atoms with Gasteiger partial charge in [-0.05, 0) is 35.7 Å². The molecule has 0 aliphatic heterocycles. The maximum Gasteiger partial charge on any atom is 0.160 e. The Morgan fingerprint density at radius 3 is 1.85 bits per heavy atom. The normalized spacial score (nSPS) is 11.7. The highest BCUT2D eigenvalue weighted by Gasteiger charge is 2.19. The summed E-state index contributed by atoms with van der Waals surface area (Å²) in [6, 6.07) is 63.4. The third-order valence-corrected chi connectivity index (χ3v) is 12.5. The van der Waals surface area contributed by atoms with Gasteiger partial charge in [0.25, 0.3) is 0 Å². The Morgan fingerprint density at radius 2 is 1.08 bits per heavy atom. The molecule has 0 N–H and O–H groups in total. The van der Waals surface area contributed by atoms with Crippen LogP contribution in [0.2, 0.25) is 0 Å². The number of hydrogen-bond donors (Lipinski definition) is 0. The Kier molecular flexibility index (Phi) is 7.92. The molecule has 12 rings (SSSR count). The first-order chi connectivity index (χ1) is 29.7. The van der Waals surface area contributed by atoms with Crippen molar-refractivity contribution in [1.29, 1.82) is 0 Å². The number of nitrogens with zero attached hydrogens (tertiary/aromatic N) is 6. The molecule has 5 heterocycles. The van der Waals surface area contributed by atoms with Crippen molar-refractivity contribution in [2.45, 2.75) is 0 Å². The standard InChI is InChI=1S/C53H32N6S/c1-3-13-34(14-4-1)44-31-45(38-26-27-41-42-28-25-33-12-7-8-18-40(33)50(42)59(46(41)30-38)39-17-11-29-54-32-39)56-52(55-44)36-21-23-37(24-22-36)53-57-48(35-15-5-2-6-16-35)51-49(58-53)43-19-9-10-20-47(43)60-51/h1-32H. The van der Waals surface area contributed by atoms with Crippen molar-refractivity contribution >= 4 is 64.2 Å². The second kappa shape index (κ2) is 13.9. The Balaban J connectivity index is 1.01. The van der Waals surface area contributed by atoms with Crippen molar-refractivity contribution in [2.75, 3.05) is 0 Å². The molecule has 0 aliphatic carbocycles. The summed E-state index contributed by atoms with van der Waals surface area (Å²) in [6.07, 6.45) is 3.75. The van der Waals surface area contributed by atoms with Gasteiger partial charge in [0.15, 0.2) is 11.6 Å². The molecular weight excluding hydrogens is 753 g/mol. The van der Waals surface area contributed by atoms with Gasteiger partial charge in [0.1, 0.15) is 0 Å². The number of benzene rings is 7. The SMILES string of the molecule is c1ccc(-c2cc(-c3ccc4c5ccc6ccccc6c5n(-c5cccnc5)c4c3)nc(-c3ccc(-c4nc(-c5ccccc5)c5sc6ccccc6c5n4)cc3)n2)cc1. The van der Waals surface area contributed by atoms with Crippen LogP contribution in [0.4, 0.5) is 0 Å². The average Bonchev–Trinajstić information content (AvgIpc) is 3.88. The summed E-state index contributed by atoms with van der Waals surface area (Å²) in [5, 5.41) is 5.89. The van der Waals surface area contributed by atoms with Crippen molar-refractivity contribution in [1.82, 2.24) is 29.5 Å². The van der Waals surface area contributed by atoms with Gasteiger partial charge in [-0.15, -0.1) is 11.3 Å². The number of hydrogen-bond acceptors (Lipinski definition) is 6. The fourth-order valence-corrected chi connectivity index (χ4v) is 9.61. The molecule has 0 saturated heterocycles. The predicted octanol–water partition coefficient (Wildman–Crippen LogP) is 13.6. The third kappa shape index (κ3) is 5.67. The van der Waals surface area contributed by atoms with Crippen LogP contribution in [0, 0.1) is 0 Å². The van der Waals surface area contributed by atoms with Crippen molar-refractivity contribution in [3.05, 3.63) is 194 Å². The van der Waals surface area contributed by atoms with Crippen LogP contribution in [0.25, 0.3) is 115 Å². The lowest BCUT2D eigenvalue weighted by atomic mass is 10.0. The van der Waals surface area contributed by atoms with E-state index in [2.05, 4.69) is 161 Å². The second-order valence-corrected chi connectivity index (χ2v) is 16.0. The fourth-order valence-electron chi connectivity index (χ4n) is 8.45. The second-order valence-electron chi connectivity index (χ2n) is 14.9. The van der Waals surface area contributed by atoms with Gasteiger partial charge in [-0.25, -0.2) is 19.9 Å². The molecule has 0 spiro atoms. The molecule has 60 heavy (non-hydrogen) atoms. The molecule has 0 saturated carbocycles. The molecule has 0 unspecified atom stereocenters. The van der Waals surface area contributed by atoms with Crippen LogP contribution in [0.5, 0.6) is 0 Å². The summed E-state index contributed by atoms with van der Waals surface area (Å²) in [5.41, 5.74) is 11.8. The minimum Gasteiger partial charge on any atom is -0.307 e. The zero-order valence-corrected chi connectivity index (χ0v) is 32.9. The van der Waals surface area contributed by atoms with Crippen LogP contribution in [0.1, 0.15) is 0 Å². The fraction of sp³-hybridized carbons (Fsp3) is 0. The van der Waals surface area contributed by atoms with Gasteiger partial charge in [0, 0.05) is 60.3 Å². The Bertz CT molecular complexity index is 3580. The smallest absolute Gasteiger partial charge is 0.160 e. The van der Waals surface area contributed by atoms with Crippen molar-refractivity contribution in [2.24, 2.45) is 0 Å². The minimum absolute atomic E-state index is 0.641. The summed E-state index contributed by atoms with van der Waals surface area (Å²) in [4.78, 5) is 25.3. The minimum atomic E-state index is 0.641. The van der Waals surface area contributed by atoms with E-state index in [0.29, 0.717) is 11.6 Å². The van der Waals surface area contributed by atoms with E-state index >= 15 is 0 Å². The molecule has 0 radical (unpaired) electrons. The van der Waals surface area contributed by atoms with Crippen molar-refractivity contribution in [3.8, 4) is 62.2 Å². The quantitative estimate of drug-likeness (QED) is 0.168. The maximum absolute atomic E-state index is 5.27. The molecule has 5 aromatic heterocycles. The van der Waals surface area contributed by atoms with Gasteiger partial charge >= 0.3 is 0 Å². The van der Waals surface area contributed by atoms with Crippen LogP contribution >= 0.6 is 11.3 Å². The number of pyridine rings is 1. The van der Waals surface area contributed by atoms with Crippen molar-refractivity contribution in [3.63, 3.8) is 0 Å². The molecule has 280 valence electrons. The van der Waals surface area contributed by atoms with E-state index in [9.17, 15) is 0 Å². The summed E-state index contributed by atoms with van der Waals surface area (Å²) in [6.45, 7) is 0. The molecule has 12 aromatic rings. The van der Waals surface area contributed by atoms with E-state index in [0.717, 1.165) is 77.2 Å². The number of aromatic nitrogens is 6. The summed E-state index contributed by atoms with van der Waals surface area (Å²) >= 11 is 1.74. The van der Waals surface area contributed by atoms with Crippen LogP contribution < -0.4 is 0 Å². The molecule has 0 bridgehead atoms. The van der Waals surface area contributed by atoms with E-state index in [1.807, 2.05) is 42.7 Å². The van der Waals surface area contributed by atoms with E-state index in [-0.39, 0.29) is 0 Å². The molecule has 7 aromatic carbocycles. The Hall–Kier alpha value is -7.87. The van der Waals surface area contributed by atoms with Crippen LogP contribution in [-0.4, -0.2) is 29.5 Å². The average molecular weight is 785 g/mol. The lowest BCUT2D eigenvalue weighted by Crippen LogP contribution is -1.97. The maximum atomic E-state index is 5.27. The van der Waals surface area contributed by atoms with Gasteiger partial charge in [0.05, 0.1) is 50.2 Å². The highest BCUT2D eigenvalue weighted by molar-refractivity contribution is 7.26. The molecule has 6 nitrogen and oxygen atoms in total. The van der Waals surface area contributed by atoms with Crippen LogP contribution in [-0.2, 0) is 0 Å². The number of rotatable bonds is 6. The third-order valence-electron chi connectivity index (χ3n) is 11.3. The van der Waals surface area contributed by atoms with E-state index < -0.39 is 0 Å². The zero-order valence-electron chi connectivity index (χ0n) is 32.1. The molecule has 0 amide bonds. The summed E-state index contributed by atoms with van der Waals surface area (Å²) in [7, 11) is 0. The van der Waals surface area contributed by atoms with E-state index in [1.165, 1.54) is 26.2 Å². The number of thiophene rings is 1. The monoisotopic (exact) mass is 784 g/mol. The largest absolute Gasteiger partial charge is 0.307 e. The van der Waals surface area contributed by atoms with Crippen LogP contribution in [0.15, 0.2) is 194 Å². The van der Waals surface area contributed by atoms with Gasteiger partial charge in [-0.3, -0.25) is 4.98 Å². The first-order valence-electron chi connectivity index (χ1n) is 19.9. The lowest BCUT2D eigenvalue weighted by molar-refractivity contribution is 1.14. The van der Waals surface area contributed by atoms with Gasteiger partial charge < -0.3 is 4.57 Å². The topological polar surface area (TPSA) is 69.4 Å². The van der Waals surface area contributed by atoms with E-state index in [1.54, 1.807) is 11.3 Å². The number of fused-ring (bicyclic) bond motifs is 8. The van der Waals surface area contributed by atoms with Gasteiger partial charge in [0.2, 0.25) is 0 Å². The van der Waals surface area contributed by atoms with E-state index in [4.69, 9.17) is 19.9 Å². The highest BCUT2D eigenvalue weighted by atomic mass is 32.1. The molecule has 7 heteroatoms. The first-order valence-corrected chi connectivity index (χ1v) is 20.7. The van der Waals surface area contributed by atoms with Gasteiger partial charge in [-0.2, -0.15) is 0 Å². The first kappa shape index (κ1) is 34.2. The van der Waals surface area contributed by atoms with Crippen molar-refractivity contribution < 1.29 is 0 Å². The molecule has 0 aliphatic rings. The van der Waals surface area contributed by atoms with Gasteiger partial charge in [-0.1, -0.05) is 152 Å². The predicted molar refractivity (Wildman–Crippen MR) is 247 cm³/mol. The lowest BCUT2D eigenvalue weighted by Gasteiger charge is -2.12. The molecule has 0 atom stereocenters. The zero-order chi connectivity index (χ0) is 39.6.